The van der Waals surface area contributed by atoms with E-state index in [1.54, 1.807) is 4.90 Å². The summed E-state index contributed by atoms with van der Waals surface area (Å²) in [5.41, 5.74) is -1.23. The van der Waals surface area contributed by atoms with E-state index in [4.69, 9.17) is 16.6 Å². The molecule has 0 bridgehead atoms. The summed E-state index contributed by atoms with van der Waals surface area (Å²) in [6.45, 7) is 8.22. The molecule has 6 heteroatoms. The van der Waals surface area contributed by atoms with Crippen LogP contribution >= 0.6 is 11.9 Å². The molecule has 1 fully saturated rings. The summed E-state index contributed by atoms with van der Waals surface area (Å²) in [5, 5.41) is 0. The molecular weight excluding hydrogens is 270 g/mol. The van der Waals surface area contributed by atoms with E-state index in [2.05, 4.69) is 4.29 Å². The highest BCUT2D eigenvalue weighted by Crippen LogP contribution is 2.37. The van der Waals surface area contributed by atoms with Gasteiger partial charge in [0, 0.05) is 13.1 Å². The van der Waals surface area contributed by atoms with Crippen LogP contribution in [0, 0.1) is 5.41 Å². The maximum absolute atomic E-state index is 12.0. The minimum Gasteiger partial charge on any atom is -0.444 e. The fourth-order valence-corrected chi connectivity index (χ4v) is 2.55. The molecule has 1 rings (SSSR count). The first-order valence-corrected chi connectivity index (χ1v) is 6.86. The van der Waals surface area contributed by atoms with E-state index in [9.17, 15) is 9.59 Å². The number of hydrogen-bond acceptors (Lipinski definition) is 4. The third kappa shape index (κ3) is 4.00. The van der Waals surface area contributed by atoms with Crippen molar-refractivity contribution in [2.45, 2.75) is 52.6 Å². The lowest BCUT2D eigenvalue weighted by Gasteiger charge is -2.27. The summed E-state index contributed by atoms with van der Waals surface area (Å²) >= 11 is 5.21. The fourth-order valence-electron chi connectivity index (χ4n) is 2.39. The molecule has 110 valence electrons. The van der Waals surface area contributed by atoms with Crippen molar-refractivity contribution in [3.8, 4) is 0 Å². The lowest BCUT2D eigenvalue weighted by Crippen LogP contribution is -2.39. The highest BCUT2D eigenvalue weighted by atomic mass is 35.5. The second-order valence-corrected chi connectivity index (χ2v) is 6.20. The topological polar surface area (TPSA) is 55.8 Å². The molecule has 0 N–H and O–H groups in total. The van der Waals surface area contributed by atoms with Gasteiger partial charge in [-0.3, -0.25) is 0 Å². The number of ether oxygens (including phenoxy) is 1. The van der Waals surface area contributed by atoms with Crippen LogP contribution in [-0.4, -0.2) is 35.7 Å². The van der Waals surface area contributed by atoms with Crippen LogP contribution in [0.2, 0.25) is 0 Å². The van der Waals surface area contributed by atoms with E-state index in [1.165, 1.54) is 0 Å². The monoisotopic (exact) mass is 291 g/mol. The largest absolute Gasteiger partial charge is 0.444 e. The molecule has 0 aliphatic carbocycles. The van der Waals surface area contributed by atoms with E-state index in [0.717, 1.165) is 6.42 Å². The van der Waals surface area contributed by atoms with Crippen molar-refractivity contribution in [2.24, 2.45) is 5.41 Å². The minimum absolute atomic E-state index is 0.307. The molecule has 0 saturated carbocycles. The quantitative estimate of drug-likeness (QED) is 0.802. The minimum atomic E-state index is -0.687. The molecule has 0 aromatic carbocycles. The molecule has 1 saturated heterocycles. The molecule has 1 aliphatic heterocycles. The lowest BCUT2D eigenvalue weighted by atomic mass is 9.83. The number of likely N-dealkylation sites (tertiary alicyclic amines) is 1. The average Bonchev–Trinajstić information content (AvgIpc) is 2.72. The van der Waals surface area contributed by atoms with Crippen LogP contribution in [0.15, 0.2) is 0 Å². The highest BCUT2D eigenvalue weighted by molar-refractivity contribution is 6.13. The summed E-state index contributed by atoms with van der Waals surface area (Å²) in [4.78, 5) is 25.4. The second kappa shape index (κ2) is 5.99. The number of hydrogen-bond donors (Lipinski definition) is 0. The Kier molecular flexibility index (Phi) is 5.07. The number of carbonyl (C=O) groups excluding carboxylic acids is 2. The van der Waals surface area contributed by atoms with Gasteiger partial charge in [0.05, 0.1) is 5.41 Å². The Hall–Kier alpha value is -0.970. The van der Waals surface area contributed by atoms with Gasteiger partial charge in [-0.2, -0.15) is 0 Å². The van der Waals surface area contributed by atoms with Crippen molar-refractivity contribution in [1.82, 2.24) is 4.90 Å². The molecular formula is C13H22ClNO4. The summed E-state index contributed by atoms with van der Waals surface area (Å²) in [5.74, 6) is -0.456. The zero-order valence-electron chi connectivity index (χ0n) is 12.0. The predicted molar refractivity (Wildman–Crippen MR) is 71.7 cm³/mol. The number of halogens is 1. The zero-order valence-corrected chi connectivity index (χ0v) is 12.7. The van der Waals surface area contributed by atoms with Gasteiger partial charge < -0.3 is 13.9 Å². The number of nitrogens with zero attached hydrogens (tertiary/aromatic N) is 1. The molecule has 1 atom stereocenters. The predicted octanol–water partition coefficient (Wildman–Crippen LogP) is 3.11. The van der Waals surface area contributed by atoms with Gasteiger partial charge in [-0.25, -0.2) is 9.59 Å². The molecule has 0 radical (unpaired) electrons. The molecule has 19 heavy (non-hydrogen) atoms. The van der Waals surface area contributed by atoms with Crippen LogP contribution < -0.4 is 0 Å². The SMILES string of the molecule is CCCC1(C(=O)OCl)CCN(C(=O)OC(C)(C)C)C1. The van der Waals surface area contributed by atoms with E-state index >= 15 is 0 Å². The smallest absolute Gasteiger partial charge is 0.410 e. The van der Waals surface area contributed by atoms with Crippen molar-refractivity contribution < 1.29 is 18.6 Å². The Morgan fingerprint density at radius 3 is 2.47 bits per heavy atom. The first-order chi connectivity index (χ1) is 8.74. The van der Waals surface area contributed by atoms with Crippen molar-refractivity contribution in [3.63, 3.8) is 0 Å². The normalized spacial score (nSPS) is 23.3. The molecule has 1 aliphatic rings. The third-order valence-electron chi connectivity index (χ3n) is 3.24. The number of amides is 1. The van der Waals surface area contributed by atoms with E-state index < -0.39 is 23.1 Å². The van der Waals surface area contributed by atoms with Crippen LogP contribution in [0.1, 0.15) is 47.0 Å². The van der Waals surface area contributed by atoms with Gasteiger partial charge in [-0.1, -0.05) is 13.3 Å². The van der Waals surface area contributed by atoms with Gasteiger partial charge in [0.2, 0.25) is 0 Å². The summed E-state index contributed by atoms with van der Waals surface area (Å²) in [6, 6.07) is 0. The van der Waals surface area contributed by atoms with Gasteiger partial charge in [-0.05, 0) is 33.6 Å². The lowest BCUT2D eigenvalue weighted by molar-refractivity contribution is -0.145. The Labute approximate surface area is 119 Å². The van der Waals surface area contributed by atoms with Gasteiger partial charge >= 0.3 is 12.1 Å². The highest BCUT2D eigenvalue weighted by Gasteiger charge is 2.47. The Morgan fingerprint density at radius 1 is 1.37 bits per heavy atom. The maximum Gasteiger partial charge on any atom is 0.410 e. The number of carbonyl (C=O) groups is 2. The van der Waals surface area contributed by atoms with Crippen molar-refractivity contribution >= 4 is 23.9 Å². The fraction of sp³-hybridized carbons (Fsp3) is 0.846. The van der Waals surface area contributed by atoms with Gasteiger partial charge in [0.15, 0.2) is 0 Å². The molecule has 0 aromatic heterocycles. The third-order valence-corrected chi connectivity index (χ3v) is 3.38. The van der Waals surface area contributed by atoms with Crippen LogP contribution in [0.4, 0.5) is 4.79 Å². The van der Waals surface area contributed by atoms with E-state index in [-0.39, 0.29) is 0 Å². The molecule has 1 heterocycles. The van der Waals surface area contributed by atoms with Gasteiger partial charge in [-0.15, -0.1) is 0 Å². The molecule has 0 aromatic rings. The van der Waals surface area contributed by atoms with Crippen LogP contribution in [0.5, 0.6) is 0 Å². The van der Waals surface area contributed by atoms with Crippen LogP contribution in [-0.2, 0) is 13.8 Å². The Balaban J connectivity index is 2.74. The van der Waals surface area contributed by atoms with Gasteiger partial charge in [0.1, 0.15) is 17.5 Å². The first-order valence-electron chi connectivity index (χ1n) is 6.55. The van der Waals surface area contributed by atoms with Gasteiger partial charge in [0.25, 0.3) is 0 Å². The Bertz CT molecular complexity index is 353. The van der Waals surface area contributed by atoms with Crippen molar-refractivity contribution in [1.29, 1.82) is 0 Å². The molecule has 0 spiro atoms. The molecule has 1 amide bonds. The van der Waals surface area contributed by atoms with E-state index in [0.29, 0.717) is 25.9 Å². The average molecular weight is 292 g/mol. The number of rotatable bonds is 3. The summed E-state index contributed by atoms with van der Waals surface area (Å²) in [6.07, 6.45) is 1.64. The Morgan fingerprint density at radius 2 is 2.00 bits per heavy atom. The summed E-state index contributed by atoms with van der Waals surface area (Å²) in [7, 11) is 0. The van der Waals surface area contributed by atoms with Crippen LogP contribution in [0.3, 0.4) is 0 Å². The molecule has 1 unspecified atom stereocenters. The standard InChI is InChI=1S/C13H22ClNO4/c1-5-6-13(10(16)19-14)7-8-15(9-13)11(17)18-12(2,3)4/h5-9H2,1-4H3. The van der Waals surface area contributed by atoms with Crippen LogP contribution in [0.25, 0.3) is 0 Å². The van der Waals surface area contributed by atoms with Crippen molar-refractivity contribution in [3.05, 3.63) is 0 Å². The van der Waals surface area contributed by atoms with E-state index in [1.807, 2.05) is 27.7 Å². The van der Waals surface area contributed by atoms with Crippen molar-refractivity contribution in [2.75, 3.05) is 13.1 Å². The summed E-state index contributed by atoms with van der Waals surface area (Å²) < 4.78 is 9.68. The maximum atomic E-state index is 12.0. The first kappa shape index (κ1) is 16.1. The second-order valence-electron chi connectivity index (χ2n) is 6.05. The molecule has 5 nitrogen and oxygen atoms in total. The zero-order chi connectivity index (χ0) is 14.7.